The summed E-state index contributed by atoms with van der Waals surface area (Å²) in [6.07, 6.45) is 0. The van der Waals surface area contributed by atoms with E-state index in [4.69, 9.17) is 30.4 Å². The Morgan fingerprint density at radius 3 is 1.43 bits per heavy atom. The van der Waals surface area contributed by atoms with Gasteiger partial charge in [-0.25, -0.2) is 19.6 Å². The number of hydrogen-bond acceptors (Lipinski definition) is 14. The van der Waals surface area contributed by atoms with Gasteiger partial charge in [-0.05, 0) is 62.4 Å². The van der Waals surface area contributed by atoms with Crippen molar-refractivity contribution in [3.63, 3.8) is 0 Å². The van der Waals surface area contributed by atoms with Crippen LogP contribution in [-0.4, -0.2) is 35.1 Å². The van der Waals surface area contributed by atoms with Crippen LogP contribution in [0.5, 0.6) is 11.5 Å². The minimum absolute atomic E-state index is 0.0641. The lowest BCUT2D eigenvalue weighted by Crippen LogP contribution is -2.10. The highest BCUT2D eigenvalue weighted by Gasteiger charge is 2.29. The minimum Gasteiger partial charge on any atom is -0.489 e. The Labute approximate surface area is 280 Å². The van der Waals surface area contributed by atoms with Crippen molar-refractivity contribution in [2.24, 2.45) is 0 Å². The molecule has 4 aromatic heterocycles. The van der Waals surface area contributed by atoms with E-state index < -0.39 is 11.9 Å². The molecule has 0 bridgehead atoms. The first kappa shape index (κ1) is 31.5. The molecule has 0 atom stereocenters. The number of carbonyl (C=O) groups excluding carboxylic acids is 2. The van der Waals surface area contributed by atoms with Crippen LogP contribution in [0.4, 0.5) is 10.3 Å². The van der Waals surface area contributed by atoms with Crippen molar-refractivity contribution in [1.29, 1.82) is 0 Å². The van der Waals surface area contributed by atoms with Crippen molar-refractivity contribution >= 4 is 76.9 Å². The number of nitrogens with zero attached hydrogens (tertiary/aromatic N) is 2. The smallest absolute Gasteiger partial charge is 0.348 e. The Morgan fingerprint density at radius 1 is 0.674 bits per heavy atom. The van der Waals surface area contributed by atoms with Gasteiger partial charge in [0, 0.05) is 38.4 Å². The molecule has 46 heavy (non-hydrogen) atoms. The van der Waals surface area contributed by atoms with E-state index in [2.05, 4.69) is 9.97 Å². The molecule has 236 valence electrons. The number of hydrogen-bond donors (Lipinski definition) is 2. The van der Waals surface area contributed by atoms with Crippen molar-refractivity contribution in [3.05, 3.63) is 80.2 Å². The summed E-state index contributed by atoms with van der Waals surface area (Å²) in [5.74, 6) is 0.297. The summed E-state index contributed by atoms with van der Waals surface area (Å²) in [4.78, 5) is 35.7. The van der Waals surface area contributed by atoms with Crippen LogP contribution in [-0.2, 0) is 22.7 Å². The number of ether oxygens (including phenoxy) is 4. The molecule has 0 fully saturated rings. The molecule has 0 aliphatic heterocycles. The van der Waals surface area contributed by atoms with Crippen molar-refractivity contribution in [2.45, 2.75) is 27.1 Å². The van der Waals surface area contributed by atoms with Gasteiger partial charge in [-0.3, -0.25) is 0 Å². The van der Waals surface area contributed by atoms with Crippen LogP contribution in [0.25, 0.3) is 31.9 Å². The van der Waals surface area contributed by atoms with Gasteiger partial charge in [-0.15, -0.1) is 45.3 Å². The number of nitrogens with two attached hydrogens (primary N) is 2. The highest BCUT2D eigenvalue weighted by Crippen LogP contribution is 2.43. The Kier molecular flexibility index (Phi) is 9.49. The molecule has 0 radical (unpaired) electrons. The van der Waals surface area contributed by atoms with Crippen LogP contribution in [0.1, 0.15) is 44.3 Å². The second-order valence-corrected chi connectivity index (χ2v) is 13.8. The Bertz CT molecular complexity index is 1850. The van der Waals surface area contributed by atoms with Gasteiger partial charge < -0.3 is 30.4 Å². The number of esters is 2. The fourth-order valence-corrected chi connectivity index (χ4v) is 8.41. The zero-order valence-corrected chi connectivity index (χ0v) is 28.0. The molecule has 0 saturated heterocycles. The van der Waals surface area contributed by atoms with E-state index >= 15 is 0 Å². The summed E-state index contributed by atoms with van der Waals surface area (Å²) >= 11 is 5.29. The first-order chi connectivity index (χ1) is 22.3. The van der Waals surface area contributed by atoms with Gasteiger partial charge in [-0.2, -0.15) is 0 Å². The molecule has 0 aliphatic carbocycles. The monoisotopic (exact) mass is 692 g/mol. The summed E-state index contributed by atoms with van der Waals surface area (Å²) in [6.45, 7) is 4.09. The maximum Gasteiger partial charge on any atom is 0.348 e. The van der Waals surface area contributed by atoms with E-state index in [0.717, 1.165) is 31.9 Å². The number of thiazole rings is 2. The van der Waals surface area contributed by atoms with Crippen molar-refractivity contribution in [2.75, 3.05) is 24.7 Å². The normalized spacial score (nSPS) is 11.1. The van der Waals surface area contributed by atoms with E-state index in [0.29, 0.717) is 42.6 Å². The predicted molar refractivity (Wildman–Crippen MR) is 184 cm³/mol. The molecule has 4 N–H and O–H groups in total. The molecular weight excluding hydrogens is 665 g/mol. The molecule has 0 aliphatic rings. The lowest BCUT2D eigenvalue weighted by Gasteiger charge is -2.11. The Balaban J connectivity index is 1.32. The zero-order valence-electron chi connectivity index (χ0n) is 24.7. The maximum absolute atomic E-state index is 13.1. The molecule has 14 heteroatoms. The first-order valence-electron chi connectivity index (χ1n) is 14.1. The molecule has 0 saturated carbocycles. The van der Waals surface area contributed by atoms with Gasteiger partial charge in [0.05, 0.1) is 28.6 Å². The van der Waals surface area contributed by atoms with Crippen molar-refractivity contribution in [1.82, 2.24) is 9.97 Å². The lowest BCUT2D eigenvalue weighted by atomic mass is 10.1. The lowest BCUT2D eigenvalue weighted by molar-refractivity contribution is 0.0520. The van der Waals surface area contributed by atoms with Gasteiger partial charge in [0.2, 0.25) is 0 Å². The van der Waals surface area contributed by atoms with Crippen molar-refractivity contribution in [3.8, 4) is 34.0 Å². The second-order valence-electron chi connectivity index (χ2n) is 9.69. The number of fused-ring (bicyclic) bond motifs is 1. The molecule has 2 aromatic carbocycles. The number of anilines is 2. The second kappa shape index (κ2) is 13.9. The zero-order chi connectivity index (χ0) is 32.2. The predicted octanol–water partition coefficient (Wildman–Crippen LogP) is 7.89. The van der Waals surface area contributed by atoms with Crippen LogP contribution in [0.2, 0.25) is 0 Å². The van der Waals surface area contributed by atoms with Crippen LogP contribution in [0, 0.1) is 0 Å². The van der Waals surface area contributed by atoms with E-state index in [9.17, 15) is 9.59 Å². The van der Waals surface area contributed by atoms with Gasteiger partial charge >= 0.3 is 11.9 Å². The fourth-order valence-electron chi connectivity index (χ4n) is 4.68. The quantitative estimate of drug-likeness (QED) is 0.121. The van der Waals surface area contributed by atoms with Gasteiger partial charge in [-0.1, -0.05) is 0 Å². The van der Waals surface area contributed by atoms with E-state index in [1.807, 2.05) is 59.3 Å². The SMILES string of the molecule is CCOC(=O)c1sc2sc(C(=O)OCC)c(COc3ccc(-c4csc(N)n4)cc3)c2c1COc1ccc(-c2csc(N)n2)cc1. The summed E-state index contributed by atoms with van der Waals surface area (Å²) in [5, 5.41) is 5.51. The van der Waals surface area contributed by atoms with Crippen LogP contribution in [0.3, 0.4) is 0 Å². The van der Waals surface area contributed by atoms with Gasteiger partial charge in [0.25, 0.3) is 0 Å². The van der Waals surface area contributed by atoms with Crippen molar-refractivity contribution < 1.29 is 28.5 Å². The highest BCUT2D eigenvalue weighted by atomic mass is 32.2. The third-order valence-electron chi connectivity index (χ3n) is 6.78. The number of rotatable bonds is 12. The third kappa shape index (κ3) is 6.70. The Hall–Kier alpha value is -4.50. The standard InChI is InChI=1S/C32H28N4O6S4/c1-3-39-28(37)26-21(13-41-19-9-5-17(6-10-19)23-15-43-31(33)35-23)25-22(27(29(38)40-4-2)46-30(25)45-26)14-42-20-11-7-18(8-12-20)24-16-44-32(34)36-24/h5-12,15-16H,3-4,13-14H2,1-2H3,(H2,33,35)(H2,34,36). The fraction of sp³-hybridized carbons (Fsp3) is 0.188. The van der Waals surface area contributed by atoms with Crippen LogP contribution >= 0.6 is 45.3 Å². The molecule has 6 aromatic rings. The summed E-state index contributed by atoms with van der Waals surface area (Å²) in [6, 6.07) is 14.9. The summed E-state index contributed by atoms with van der Waals surface area (Å²) in [7, 11) is 0. The van der Waals surface area contributed by atoms with Gasteiger partial charge in [0.15, 0.2) is 10.3 Å². The number of nitrogen functional groups attached to an aromatic ring is 2. The molecule has 6 rings (SSSR count). The topological polar surface area (TPSA) is 149 Å². The summed E-state index contributed by atoms with van der Waals surface area (Å²) in [5.41, 5.74) is 16.2. The molecule has 0 unspecified atom stereocenters. The molecule has 0 amide bonds. The van der Waals surface area contributed by atoms with Crippen LogP contribution in [0.15, 0.2) is 59.3 Å². The van der Waals surface area contributed by atoms with E-state index in [1.54, 1.807) is 13.8 Å². The number of carbonyl (C=O) groups is 2. The molecule has 4 heterocycles. The highest BCUT2D eigenvalue weighted by molar-refractivity contribution is 7.40. The van der Waals surface area contributed by atoms with Gasteiger partial charge in [0.1, 0.15) is 34.5 Å². The average molecular weight is 693 g/mol. The van der Waals surface area contributed by atoms with E-state index in [1.165, 1.54) is 45.3 Å². The minimum atomic E-state index is -0.450. The number of thiophene rings is 2. The molecular formula is C32H28N4O6S4. The summed E-state index contributed by atoms with van der Waals surface area (Å²) < 4.78 is 24.0. The number of benzene rings is 2. The molecule has 0 spiro atoms. The van der Waals surface area contributed by atoms with E-state index in [-0.39, 0.29) is 26.4 Å². The third-order valence-corrected chi connectivity index (χ3v) is 10.6. The van der Waals surface area contributed by atoms with Crippen LogP contribution < -0.4 is 20.9 Å². The average Bonchev–Trinajstić information content (AvgIpc) is 3.84. The largest absolute Gasteiger partial charge is 0.489 e. The molecule has 10 nitrogen and oxygen atoms in total. The maximum atomic E-state index is 13.1. The Morgan fingerprint density at radius 2 is 1.09 bits per heavy atom. The number of aromatic nitrogens is 2. The first-order valence-corrected chi connectivity index (χ1v) is 17.5.